The van der Waals surface area contributed by atoms with Crippen LogP contribution in [0.25, 0.3) is 0 Å². The Bertz CT molecular complexity index is 202. The van der Waals surface area contributed by atoms with Crippen molar-refractivity contribution in [1.29, 1.82) is 5.26 Å². The fourth-order valence-electron chi connectivity index (χ4n) is 1.73. The minimum atomic E-state index is -0.623. The van der Waals surface area contributed by atoms with Crippen LogP contribution in [0.4, 0.5) is 0 Å². The Morgan fingerprint density at radius 3 is 2.64 bits per heavy atom. The second-order valence-electron chi connectivity index (χ2n) is 4.41. The fourth-order valence-corrected chi connectivity index (χ4v) is 3.27. The lowest BCUT2D eigenvalue weighted by atomic mass is 10.0. The molecule has 0 aromatic rings. The Hall–Kier alpha value is -0.200. The Morgan fingerprint density at radius 2 is 2.07 bits per heavy atom. The molecular formula is C11H20N2S. The van der Waals surface area contributed by atoms with Crippen molar-refractivity contribution in [2.45, 2.75) is 56.2 Å². The summed E-state index contributed by atoms with van der Waals surface area (Å²) in [5.74, 6) is 1.03. The van der Waals surface area contributed by atoms with E-state index in [2.05, 4.69) is 6.07 Å². The van der Waals surface area contributed by atoms with Crippen molar-refractivity contribution in [2.24, 2.45) is 5.73 Å². The van der Waals surface area contributed by atoms with E-state index in [9.17, 15) is 0 Å². The topological polar surface area (TPSA) is 49.8 Å². The largest absolute Gasteiger partial charge is 0.314 e. The van der Waals surface area contributed by atoms with Crippen LogP contribution in [0.2, 0.25) is 0 Å². The number of thioether (sulfide) groups is 1. The normalized spacial score (nSPS) is 22.6. The van der Waals surface area contributed by atoms with Crippen molar-refractivity contribution >= 4 is 11.8 Å². The maximum Gasteiger partial charge on any atom is 0.102 e. The molecule has 0 saturated heterocycles. The van der Waals surface area contributed by atoms with Gasteiger partial charge >= 0.3 is 0 Å². The number of hydrogen-bond acceptors (Lipinski definition) is 3. The lowest BCUT2D eigenvalue weighted by Crippen LogP contribution is -2.34. The van der Waals surface area contributed by atoms with Gasteiger partial charge in [-0.3, -0.25) is 0 Å². The third kappa shape index (κ3) is 4.34. The molecule has 1 unspecified atom stereocenters. The van der Waals surface area contributed by atoms with E-state index >= 15 is 0 Å². The molecular weight excluding hydrogens is 192 g/mol. The zero-order chi connectivity index (χ0) is 10.4. The van der Waals surface area contributed by atoms with E-state index in [4.69, 9.17) is 11.0 Å². The third-order valence-electron chi connectivity index (χ3n) is 2.78. The molecule has 14 heavy (non-hydrogen) atoms. The maximum absolute atomic E-state index is 8.75. The van der Waals surface area contributed by atoms with Gasteiger partial charge in [-0.2, -0.15) is 17.0 Å². The van der Waals surface area contributed by atoms with Crippen LogP contribution >= 0.6 is 11.8 Å². The van der Waals surface area contributed by atoms with Crippen molar-refractivity contribution in [2.75, 3.05) is 5.75 Å². The Balaban J connectivity index is 2.12. The third-order valence-corrected chi connectivity index (χ3v) is 4.17. The van der Waals surface area contributed by atoms with Crippen LogP contribution in [0.5, 0.6) is 0 Å². The highest BCUT2D eigenvalue weighted by atomic mass is 32.2. The Morgan fingerprint density at radius 1 is 1.43 bits per heavy atom. The van der Waals surface area contributed by atoms with E-state index in [1.807, 2.05) is 18.7 Å². The molecule has 1 atom stereocenters. The first-order valence-electron chi connectivity index (χ1n) is 5.46. The van der Waals surface area contributed by atoms with Gasteiger partial charge < -0.3 is 5.73 Å². The van der Waals surface area contributed by atoms with E-state index in [1.165, 1.54) is 32.1 Å². The number of rotatable bonds is 4. The molecule has 2 nitrogen and oxygen atoms in total. The van der Waals surface area contributed by atoms with Crippen LogP contribution in [0, 0.1) is 11.3 Å². The predicted molar refractivity (Wildman–Crippen MR) is 62.2 cm³/mol. The second-order valence-corrected chi connectivity index (χ2v) is 5.82. The lowest BCUT2D eigenvalue weighted by molar-refractivity contribution is 0.514. The van der Waals surface area contributed by atoms with Crippen LogP contribution in [0.3, 0.4) is 0 Å². The van der Waals surface area contributed by atoms with Crippen LogP contribution in [-0.4, -0.2) is 16.5 Å². The molecule has 0 heterocycles. The fraction of sp³-hybridized carbons (Fsp3) is 0.909. The zero-order valence-electron chi connectivity index (χ0n) is 8.96. The van der Waals surface area contributed by atoms with E-state index in [-0.39, 0.29) is 0 Å². The van der Waals surface area contributed by atoms with Gasteiger partial charge in [0.15, 0.2) is 0 Å². The van der Waals surface area contributed by atoms with Gasteiger partial charge in [0.1, 0.15) is 5.54 Å². The summed E-state index contributed by atoms with van der Waals surface area (Å²) in [5, 5.41) is 9.58. The summed E-state index contributed by atoms with van der Waals surface area (Å²) in [6, 6.07) is 2.14. The SMILES string of the molecule is CC(N)(C#N)CCSC1CCCCC1. The number of nitrogens with two attached hydrogens (primary N) is 1. The minimum Gasteiger partial charge on any atom is -0.314 e. The summed E-state index contributed by atoms with van der Waals surface area (Å²) in [4.78, 5) is 0. The van der Waals surface area contributed by atoms with Gasteiger partial charge in [-0.05, 0) is 31.9 Å². The van der Waals surface area contributed by atoms with Crippen molar-refractivity contribution in [3.05, 3.63) is 0 Å². The first kappa shape index (κ1) is 11.9. The van der Waals surface area contributed by atoms with Crippen LogP contribution in [-0.2, 0) is 0 Å². The molecule has 0 bridgehead atoms. The van der Waals surface area contributed by atoms with Gasteiger partial charge in [0, 0.05) is 5.25 Å². The number of nitrogens with zero attached hydrogens (tertiary/aromatic N) is 1. The van der Waals surface area contributed by atoms with Gasteiger partial charge in [-0.15, -0.1) is 0 Å². The Labute approximate surface area is 91.2 Å². The van der Waals surface area contributed by atoms with E-state index < -0.39 is 5.54 Å². The highest BCUT2D eigenvalue weighted by Crippen LogP contribution is 2.29. The molecule has 1 aliphatic carbocycles. The molecule has 0 aliphatic heterocycles. The van der Waals surface area contributed by atoms with E-state index in [1.54, 1.807) is 0 Å². The predicted octanol–water partition coefficient (Wildman–Crippen LogP) is 2.68. The average Bonchev–Trinajstić information content (AvgIpc) is 2.19. The average molecular weight is 212 g/mol. The van der Waals surface area contributed by atoms with E-state index in [0.717, 1.165) is 17.4 Å². The van der Waals surface area contributed by atoms with Crippen LogP contribution in [0.15, 0.2) is 0 Å². The van der Waals surface area contributed by atoms with Gasteiger partial charge in [0.2, 0.25) is 0 Å². The standard InChI is InChI=1S/C11H20N2S/c1-11(13,9-12)7-8-14-10-5-3-2-4-6-10/h10H,2-8,13H2,1H3. The minimum absolute atomic E-state index is 0.623. The lowest BCUT2D eigenvalue weighted by Gasteiger charge is -2.22. The summed E-state index contributed by atoms with van der Waals surface area (Å²) in [6.07, 6.45) is 7.71. The maximum atomic E-state index is 8.75. The summed E-state index contributed by atoms with van der Waals surface area (Å²) in [6.45, 7) is 1.81. The van der Waals surface area contributed by atoms with E-state index in [0.29, 0.717) is 0 Å². The second kappa shape index (κ2) is 5.63. The smallest absolute Gasteiger partial charge is 0.102 e. The number of hydrogen-bond donors (Lipinski definition) is 1. The molecule has 0 aromatic heterocycles. The monoisotopic (exact) mass is 212 g/mol. The number of nitriles is 1. The highest BCUT2D eigenvalue weighted by molar-refractivity contribution is 7.99. The molecule has 1 fully saturated rings. The molecule has 3 heteroatoms. The molecule has 1 rings (SSSR count). The van der Waals surface area contributed by atoms with Crippen molar-refractivity contribution < 1.29 is 0 Å². The summed E-state index contributed by atoms with van der Waals surface area (Å²) in [5.41, 5.74) is 5.13. The molecule has 80 valence electrons. The first-order chi connectivity index (χ1) is 6.64. The summed E-state index contributed by atoms with van der Waals surface area (Å²) < 4.78 is 0. The molecule has 0 aromatic carbocycles. The molecule has 0 spiro atoms. The Kier molecular flexibility index (Phi) is 4.77. The molecule has 1 saturated carbocycles. The highest BCUT2D eigenvalue weighted by Gasteiger charge is 2.19. The van der Waals surface area contributed by atoms with Crippen molar-refractivity contribution in [1.82, 2.24) is 0 Å². The van der Waals surface area contributed by atoms with Crippen molar-refractivity contribution in [3.8, 4) is 6.07 Å². The van der Waals surface area contributed by atoms with Gasteiger partial charge in [-0.25, -0.2) is 0 Å². The van der Waals surface area contributed by atoms with Gasteiger partial charge in [0.05, 0.1) is 6.07 Å². The first-order valence-corrected chi connectivity index (χ1v) is 6.51. The summed E-state index contributed by atoms with van der Waals surface area (Å²) in [7, 11) is 0. The van der Waals surface area contributed by atoms with Gasteiger partial charge in [-0.1, -0.05) is 19.3 Å². The van der Waals surface area contributed by atoms with Gasteiger partial charge in [0.25, 0.3) is 0 Å². The molecule has 0 amide bonds. The van der Waals surface area contributed by atoms with Crippen LogP contribution in [0.1, 0.15) is 45.4 Å². The summed E-state index contributed by atoms with van der Waals surface area (Å²) >= 11 is 2.01. The molecule has 0 radical (unpaired) electrons. The molecule has 1 aliphatic rings. The zero-order valence-corrected chi connectivity index (χ0v) is 9.78. The van der Waals surface area contributed by atoms with Crippen LogP contribution < -0.4 is 5.73 Å². The van der Waals surface area contributed by atoms with Crippen molar-refractivity contribution in [3.63, 3.8) is 0 Å². The quantitative estimate of drug-likeness (QED) is 0.779. The molecule has 2 N–H and O–H groups in total.